The fraction of sp³-hybridized carbons (Fsp3) is 0.625. The Hall–Kier alpha value is -0.393. The van der Waals surface area contributed by atoms with Gasteiger partial charge < -0.3 is 13.3 Å². The van der Waals surface area contributed by atoms with Crippen molar-refractivity contribution in [2.75, 3.05) is 19.8 Å². The molecular weight excluding hydrogens is 304 g/mol. The Labute approximate surface area is 134 Å². The molecule has 2 unspecified atom stereocenters. The van der Waals surface area contributed by atoms with Crippen LogP contribution in [0.25, 0.3) is 0 Å². The maximum Gasteiger partial charge on any atom is 0.501 e. The summed E-state index contributed by atoms with van der Waals surface area (Å²) in [6.07, 6.45) is 0. The molecule has 0 aromatic heterocycles. The van der Waals surface area contributed by atoms with Crippen molar-refractivity contribution >= 4 is 20.4 Å². The molecule has 1 aromatic rings. The van der Waals surface area contributed by atoms with Crippen molar-refractivity contribution in [3.05, 3.63) is 35.9 Å². The summed E-state index contributed by atoms with van der Waals surface area (Å²) in [5.41, 5.74) is 1.20. The predicted octanol–water partition coefficient (Wildman–Crippen LogP) is 4.45. The monoisotopic (exact) mass is 330 g/mol. The van der Waals surface area contributed by atoms with Crippen LogP contribution in [0, 0.1) is 0 Å². The third-order valence-electron chi connectivity index (χ3n) is 3.34. The number of rotatable bonds is 10. The smallest absolute Gasteiger partial charge is 0.374 e. The maximum absolute atomic E-state index is 6.44. The molecule has 1 rings (SSSR count). The highest BCUT2D eigenvalue weighted by atomic mass is 35.5. The minimum Gasteiger partial charge on any atom is -0.374 e. The van der Waals surface area contributed by atoms with E-state index in [2.05, 4.69) is 12.1 Å². The first-order valence-electron chi connectivity index (χ1n) is 7.69. The molecule has 0 heterocycles. The van der Waals surface area contributed by atoms with Gasteiger partial charge in [0.1, 0.15) is 0 Å². The SMILES string of the molecule is CCO[Si](CC(c1ccccc1)C(C)Cl)(OCC)OCC. The molecule has 3 nitrogen and oxygen atoms in total. The van der Waals surface area contributed by atoms with Gasteiger partial charge in [0, 0.05) is 37.2 Å². The first kappa shape index (κ1) is 18.7. The van der Waals surface area contributed by atoms with Crippen molar-refractivity contribution in [2.45, 2.75) is 45.0 Å². The third kappa shape index (κ3) is 5.72. The molecule has 0 saturated heterocycles. The van der Waals surface area contributed by atoms with Gasteiger partial charge in [0.05, 0.1) is 0 Å². The number of halogens is 1. The van der Waals surface area contributed by atoms with Gasteiger partial charge >= 0.3 is 8.80 Å². The second kappa shape index (κ2) is 9.59. The van der Waals surface area contributed by atoms with Gasteiger partial charge in [-0.3, -0.25) is 0 Å². The first-order chi connectivity index (χ1) is 10.1. The number of alkyl halides is 1. The van der Waals surface area contributed by atoms with Crippen LogP contribution in [0.1, 0.15) is 39.2 Å². The molecule has 0 aliphatic rings. The molecule has 2 atom stereocenters. The summed E-state index contributed by atoms with van der Waals surface area (Å²) in [6.45, 7) is 9.70. The molecule has 1 aromatic carbocycles. The topological polar surface area (TPSA) is 27.7 Å². The average Bonchev–Trinajstić information content (AvgIpc) is 2.46. The number of hydrogen-bond acceptors (Lipinski definition) is 3. The minimum absolute atomic E-state index is 0.0133. The molecular formula is C16H27ClO3Si. The summed E-state index contributed by atoms with van der Waals surface area (Å²) in [5.74, 6) is 0.157. The Balaban J connectivity index is 3.00. The summed E-state index contributed by atoms with van der Waals surface area (Å²) < 4.78 is 17.8. The van der Waals surface area contributed by atoms with Crippen LogP contribution >= 0.6 is 11.6 Å². The van der Waals surface area contributed by atoms with Crippen molar-refractivity contribution in [3.63, 3.8) is 0 Å². The van der Waals surface area contributed by atoms with Crippen molar-refractivity contribution < 1.29 is 13.3 Å². The molecule has 5 heteroatoms. The highest BCUT2D eigenvalue weighted by Crippen LogP contribution is 2.33. The van der Waals surface area contributed by atoms with Gasteiger partial charge in [0.2, 0.25) is 0 Å². The van der Waals surface area contributed by atoms with Gasteiger partial charge in [-0.2, -0.15) is 0 Å². The predicted molar refractivity (Wildman–Crippen MR) is 89.9 cm³/mol. The van der Waals surface area contributed by atoms with Gasteiger partial charge in [-0.15, -0.1) is 11.6 Å². The molecule has 21 heavy (non-hydrogen) atoms. The molecule has 0 aliphatic heterocycles. The normalized spacial score (nSPS) is 14.9. The maximum atomic E-state index is 6.44. The summed E-state index contributed by atoms with van der Waals surface area (Å²) in [4.78, 5) is 0. The van der Waals surface area contributed by atoms with Gasteiger partial charge in [-0.1, -0.05) is 30.3 Å². The van der Waals surface area contributed by atoms with E-state index in [9.17, 15) is 0 Å². The summed E-state index contributed by atoms with van der Waals surface area (Å²) in [5, 5.41) is -0.0133. The van der Waals surface area contributed by atoms with E-state index in [0.717, 1.165) is 0 Å². The van der Waals surface area contributed by atoms with E-state index in [0.29, 0.717) is 25.9 Å². The molecule has 0 N–H and O–H groups in total. The molecule has 0 radical (unpaired) electrons. The van der Waals surface area contributed by atoms with Gasteiger partial charge in [0.15, 0.2) is 0 Å². The van der Waals surface area contributed by atoms with Crippen LogP contribution in [0.2, 0.25) is 6.04 Å². The lowest BCUT2D eigenvalue weighted by atomic mass is 9.98. The molecule has 0 aliphatic carbocycles. The molecule has 0 amide bonds. The van der Waals surface area contributed by atoms with Crippen LogP contribution in [-0.2, 0) is 13.3 Å². The Morgan fingerprint density at radius 1 is 0.952 bits per heavy atom. The van der Waals surface area contributed by atoms with E-state index in [1.807, 2.05) is 45.9 Å². The second-order valence-corrected chi connectivity index (χ2v) is 8.21. The van der Waals surface area contributed by atoms with Crippen molar-refractivity contribution in [3.8, 4) is 0 Å². The molecule has 0 bridgehead atoms. The highest BCUT2D eigenvalue weighted by Gasteiger charge is 2.44. The summed E-state index contributed by atoms with van der Waals surface area (Å²) in [6, 6.07) is 11.0. The van der Waals surface area contributed by atoms with Crippen LogP contribution in [0.3, 0.4) is 0 Å². The Bertz CT molecular complexity index is 369. The minimum atomic E-state index is -2.69. The highest BCUT2D eigenvalue weighted by molar-refractivity contribution is 6.61. The zero-order chi connectivity index (χ0) is 15.7. The largest absolute Gasteiger partial charge is 0.501 e. The fourth-order valence-electron chi connectivity index (χ4n) is 2.48. The zero-order valence-electron chi connectivity index (χ0n) is 13.5. The summed E-state index contributed by atoms with van der Waals surface area (Å²) in [7, 11) is -2.69. The Morgan fingerprint density at radius 3 is 1.81 bits per heavy atom. The molecule has 0 fully saturated rings. The van der Waals surface area contributed by atoms with Gasteiger partial charge in [-0.05, 0) is 33.3 Å². The van der Waals surface area contributed by atoms with E-state index in [1.165, 1.54) is 5.56 Å². The average molecular weight is 331 g/mol. The lowest BCUT2D eigenvalue weighted by Gasteiger charge is -2.32. The van der Waals surface area contributed by atoms with E-state index in [1.54, 1.807) is 0 Å². The Kier molecular flexibility index (Phi) is 8.52. The third-order valence-corrected chi connectivity index (χ3v) is 6.77. The molecule has 120 valence electrons. The van der Waals surface area contributed by atoms with E-state index in [4.69, 9.17) is 24.9 Å². The van der Waals surface area contributed by atoms with Crippen LogP contribution in [0.4, 0.5) is 0 Å². The lowest BCUT2D eigenvalue weighted by Crippen LogP contribution is -2.47. The van der Waals surface area contributed by atoms with Crippen molar-refractivity contribution in [2.24, 2.45) is 0 Å². The first-order valence-corrected chi connectivity index (χ1v) is 10.1. The van der Waals surface area contributed by atoms with E-state index in [-0.39, 0.29) is 11.3 Å². The standard InChI is InChI=1S/C16H27ClO3Si/c1-5-18-21(19-6-2,20-7-3)13-16(14(4)17)15-11-9-8-10-12-15/h8-12,14,16H,5-7,13H2,1-4H3. The quantitative estimate of drug-likeness (QED) is 0.468. The molecule has 0 spiro atoms. The van der Waals surface area contributed by atoms with E-state index < -0.39 is 8.80 Å². The number of hydrogen-bond donors (Lipinski definition) is 0. The van der Waals surface area contributed by atoms with Crippen LogP contribution in [0.5, 0.6) is 0 Å². The number of benzene rings is 1. The van der Waals surface area contributed by atoms with Crippen molar-refractivity contribution in [1.82, 2.24) is 0 Å². The van der Waals surface area contributed by atoms with E-state index >= 15 is 0 Å². The van der Waals surface area contributed by atoms with Crippen LogP contribution in [0.15, 0.2) is 30.3 Å². The van der Waals surface area contributed by atoms with Crippen LogP contribution < -0.4 is 0 Å². The second-order valence-electron chi connectivity index (χ2n) is 4.88. The fourth-order valence-corrected chi connectivity index (χ4v) is 5.91. The lowest BCUT2D eigenvalue weighted by molar-refractivity contribution is 0.0694. The van der Waals surface area contributed by atoms with Crippen LogP contribution in [-0.4, -0.2) is 34.0 Å². The van der Waals surface area contributed by atoms with Gasteiger partial charge in [-0.25, -0.2) is 0 Å². The van der Waals surface area contributed by atoms with Gasteiger partial charge in [0.25, 0.3) is 0 Å². The zero-order valence-corrected chi connectivity index (χ0v) is 15.2. The summed E-state index contributed by atoms with van der Waals surface area (Å²) >= 11 is 6.44. The Morgan fingerprint density at radius 2 is 1.43 bits per heavy atom. The molecule has 0 saturated carbocycles. The van der Waals surface area contributed by atoms with Crippen molar-refractivity contribution in [1.29, 1.82) is 0 Å².